The van der Waals surface area contributed by atoms with Gasteiger partial charge in [0.05, 0.1) is 3.79 Å². The molecule has 5 nitrogen and oxygen atoms in total. The van der Waals surface area contributed by atoms with Crippen molar-refractivity contribution in [3.63, 3.8) is 0 Å². The third-order valence-corrected chi connectivity index (χ3v) is 8.35. The van der Waals surface area contributed by atoms with Gasteiger partial charge in [-0.25, -0.2) is 13.1 Å². The van der Waals surface area contributed by atoms with Gasteiger partial charge in [-0.15, -0.1) is 11.3 Å². The monoisotopic (exact) mass is 490 g/mol. The minimum atomic E-state index is -3.57. The van der Waals surface area contributed by atoms with E-state index in [0.717, 1.165) is 32.6 Å². The zero-order chi connectivity index (χ0) is 20.6. The van der Waals surface area contributed by atoms with Gasteiger partial charge in [0, 0.05) is 24.3 Å². The van der Waals surface area contributed by atoms with Crippen LogP contribution in [0.5, 0.6) is 0 Å². The number of halogens is 1. The van der Waals surface area contributed by atoms with Crippen molar-refractivity contribution in [1.29, 1.82) is 0 Å². The third-order valence-electron chi connectivity index (χ3n) is 4.84. The molecule has 1 N–H and O–H groups in total. The molecule has 0 unspecified atom stereocenters. The standard InChI is InChI=1S/C21H19BrN2O3S2/c1-14-3-2-4-17(11-14)21(25)24-10-9-16-6-5-15(12-18(16)24)13-23-29(26,27)20-8-7-19(22)28-20/h2-8,11-12,23H,9-10,13H2,1H3. The topological polar surface area (TPSA) is 66.5 Å². The highest BCUT2D eigenvalue weighted by Crippen LogP contribution is 2.31. The Hall–Kier alpha value is -2.00. The molecule has 3 aromatic rings. The normalized spacial score (nSPS) is 13.5. The van der Waals surface area contributed by atoms with Gasteiger partial charge in [-0.05, 0) is 70.7 Å². The molecule has 1 aromatic heterocycles. The first kappa shape index (κ1) is 20.3. The van der Waals surface area contributed by atoms with Crippen LogP contribution in [0.4, 0.5) is 5.69 Å². The van der Waals surface area contributed by atoms with Gasteiger partial charge in [0.15, 0.2) is 0 Å². The number of aryl methyl sites for hydroxylation is 1. The molecule has 1 aliphatic rings. The number of hydrogen-bond acceptors (Lipinski definition) is 4. The van der Waals surface area contributed by atoms with Gasteiger partial charge < -0.3 is 4.90 Å². The summed E-state index contributed by atoms with van der Waals surface area (Å²) in [6.45, 7) is 2.75. The summed E-state index contributed by atoms with van der Waals surface area (Å²) >= 11 is 4.45. The highest BCUT2D eigenvalue weighted by atomic mass is 79.9. The van der Waals surface area contributed by atoms with Gasteiger partial charge >= 0.3 is 0 Å². The van der Waals surface area contributed by atoms with Crippen LogP contribution < -0.4 is 9.62 Å². The van der Waals surface area contributed by atoms with E-state index >= 15 is 0 Å². The maximum absolute atomic E-state index is 13.0. The van der Waals surface area contributed by atoms with Gasteiger partial charge in [0.2, 0.25) is 10.0 Å². The van der Waals surface area contributed by atoms with Crippen molar-refractivity contribution in [1.82, 2.24) is 4.72 Å². The van der Waals surface area contributed by atoms with E-state index < -0.39 is 10.0 Å². The average molecular weight is 491 g/mol. The lowest BCUT2D eigenvalue weighted by Gasteiger charge is -2.18. The molecule has 0 atom stereocenters. The zero-order valence-electron chi connectivity index (χ0n) is 15.7. The molecule has 0 fully saturated rings. The molecule has 0 aliphatic carbocycles. The molecule has 1 aliphatic heterocycles. The lowest BCUT2D eigenvalue weighted by molar-refractivity contribution is 0.0989. The number of thiophene rings is 1. The SMILES string of the molecule is Cc1cccc(C(=O)N2CCc3ccc(CNS(=O)(=O)c4ccc(Br)s4)cc32)c1. The van der Waals surface area contributed by atoms with Crippen molar-refractivity contribution in [2.45, 2.75) is 24.1 Å². The first-order valence-corrected chi connectivity index (χ1v) is 12.2. The Kier molecular flexibility index (Phi) is 5.61. The second-order valence-corrected chi connectivity index (χ2v) is 11.4. The summed E-state index contributed by atoms with van der Waals surface area (Å²) in [5, 5.41) is 0. The summed E-state index contributed by atoms with van der Waals surface area (Å²) in [5.41, 5.74) is 4.46. The van der Waals surface area contributed by atoms with E-state index in [-0.39, 0.29) is 16.7 Å². The third kappa shape index (κ3) is 4.30. The van der Waals surface area contributed by atoms with Crippen molar-refractivity contribution in [2.75, 3.05) is 11.4 Å². The summed E-state index contributed by atoms with van der Waals surface area (Å²) in [4.78, 5) is 14.8. The molecule has 1 amide bonds. The smallest absolute Gasteiger partial charge is 0.258 e. The maximum atomic E-state index is 13.0. The van der Waals surface area contributed by atoms with E-state index in [4.69, 9.17) is 0 Å². The maximum Gasteiger partial charge on any atom is 0.258 e. The highest BCUT2D eigenvalue weighted by molar-refractivity contribution is 9.11. The van der Waals surface area contributed by atoms with Crippen molar-refractivity contribution >= 4 is 48.9 Å². The first-order valence-electron chi connectivity index (χ1n) is 9.09. The highest BCUT2D eigenvalue weighted by Gasteiger charge is 2.26. The number of carbonyl (C=O) groups excluding carboxylic acids is 1. The molecular weight excluding hydrogens is 472 g/mol. The van der Waals surface area contributed by atoms with E-state index in [1.54, 1.807) is 17.0 Å². The molecule has 0 radical (unpaired) electrons. The Labute approximate surface area is 182 Å². The molecular formula is C21H19BrN2O3S2. The minimum Gasteiger partial charge on any atom is -0.308 e. The van der Waals surface area contributed by atoms with Gasteiger partial charge in [-0.2, -0.15) is 0 Å². The van der Waals surface area contributed by atoms with Crippen LogP contribution in [0.25, 0.3) is 0 Å². The molecule has 2 heterocycles. The van der Waals surface area contributed by atoms with Crippen LogP contribution in [-0.4, -0.2) is 20.9 Å². The Balaban J connectivity index is 1.54. The molecule has 29 heavy (non-hydrogen) atoms. The van der Waals surface area contributed by atoms with Crippen molar-refractivity contribution in [3.05, 3.63) is 80.6 Å². The Morgan fingerprint density at radius 3 is 2.72 bits per heavy atom. The lowest BCUT2D eigenvalue weighted by atomic mass is 10.1. The van der Waals surface area contributed by atoms with Crippen LogP contribution in [0.3, 0.4) is 0 Å². The van der Waals surface area contributed by atoms with E-state index in [1.165, 1.54) is 11.3 Å². The number of fused-ring (bicyclic) bond motifs is 1. The number of nitrogens with one attached hydrogen (secondary N) is 1. The Morgan fingerprint density at radius 1 is 1.17 bits per heavy atom. The molecule has 0 saturated carbocycles. The van der Waals surface area contributed by atoms with Crippen LogP contribution in [0.2, 0.25) is 0 Å². The second kappa shape index (κ2) is 8.02. The summed E-state index contributed by atoms with van der Waals surface area (Å²) in [6.07, 6.45) is 0.794. The molecule has 150 valence electrons. The van der Waals surface area contributed by atoms with Crippen molar-refractivity contribution in [3.8, 4) is 0 Å². The van der Waals surface area contributed by atoms with Crippen LogP contribution >= 0.6 is 27.3 Å². The average Bonchev–Trinajstić information content (AvgIpc) is 3.32. The largest absolute Gasteiger partial charge is 0.308 e. The number of benzene rings is 2. The molecule has 0 bridgehead atoms. The number of rotatable bonds is 5. The van der Waals surface area contributed by atoms with Crippen LogP contribution in [-0.2, 0) is 23.0 Å². The fourth-order valence-corrected chi connectivity index (χ4v) is 6.44. The molecule has 0 spiro atoms. The van der Waals surface area contributed by atoms with E-state index in [0.29, 0.717) is 12.1 Å². The van der Waals surface area contributed by atoms with E-state index in [1.807, 2.05) is 49.4 Å². The summed E-state index contributed by atoms with van der Waals surface area (Å²) in [7, 11) is -3.57. The van der Waals surface area contributed by atoms with Crippen LogP contribution in [0.15, 0.2) is 62.6 Å². The van der Waals surface area contributed by atoms with Gasteiger partial charge in [0.25, 0.3) is 5.91 Å². The predicted octanol–water partition coefficient (Wildman–Crippen LogP) is 4.50. The van der Waals surface area contributed by atoms with Gasteiger partial charge in [-0.3, -0.25) is 4.79 Å². The van der Waals surface area contributed by atoms with E-state index in [2.05, 4.69) is 20.7 Å². The molecule has 2 aromatic carbocycles. The predicted molar refractivity (Wildman–Crippen MR) is 119 cm³/mol. The van der Waals surface area contributed by atoms with Crippen LogP contribution in [0, 0.1) is 6.92 Å². The van der Waals surface area contributed by atoms with Crippen LogP contribution in [0.1, 0.15) is 27.0 Å². The number of nitrogens with zero attached hydrogens (tertiary/aromatic N) is 1. The number of amides is 1. The quantitative estimate of drug-likeness (QED) is 0.572. The fourth-order valence-electron chi connectivity index (χ4n) is 3.37. The zero-order valence-corrected chi connectivity index (χ0v) is 18.9. The number of carbonyl (C=O) groups is 1. The van der Waals surface area contributed by atoms with Crippen molar-refractivity contribution < 1.29 is 13.2 Å². The summed E-state index contributed by atoms with van der Waals surface area (Å²) in [6, 6.07) is 16.6. The molecule has 0 saturated heterocycles. The number of sulfonamides is 1. The number of hydrogen-bond donors (Lipinski definition) is 1. The van der Waals surface area contributed by atoms with Gasteiger partial charge in [-0.1, -0.05) is 29.8 Å². The lowest BCUT2D eigenvalue weighted by Crippen LogP contribution is -2.29. The number of anilines is 1. The van der Waals surface area contributed by atoms with Gasteiger partial charge in [0.1, 0.15) is 4.21 Å². The fraction of sp³-hybridized carbons (Fsp3) is 0.190. The molecule has 8 heteroatoms. The first-order chi connectivity index (χ1) is 13.8. The second-order valence-electron chi connectivity index (χ2n) is 6.92. The summed E-state index contributed by atoms with van der Waals surface area (Å²) in [5.74, 6) is -0.0337. The minimum absolute atomic E-state index is 0.0337. The van der Waals surface area contributed by atoms with Crippen molar-refractivity contribution in [2.24, 2.45) is 0 Å². The summed E-state index contributed by atoms with van der Waals surface area (Å²) < 4.78 is 28.6. The van der Waals surface area contributed by atoms with E-state index in [9.17, 15) is 13.2 Å². The Bertz CT molecular complexity index is 1190. The Morgan fingerprint density at radius 2 is 2.00 bits per heavy atom. The molecule has 4 rings (SSSR count).